The van der Waals surface area contributed by atoms with E-state index in [2.05, 4.69) is 5.16 Å². The van der Waals surface area contributed by atoms with Crippen LogP contribution in [0.25, 0.3) is 0 Å². The van der Waals surface area contributed by atoms with E-state index in [1.54, 1.807) is 0 Å². The van der Waals surface area contributed by atoms with Crippen LogP contribution in [0.3, 0.4) is 0 Å². The van der Waals surface area contributed by atoms with Crippen LogP contribution in [0.15, 0.2) is 53.7 Å². The Hall–Kier alpha value is -2.69. The highest BCUT2D eigenvalue weighted by Gasteiger charge is 2.09. The summed E-state index contributed by atoms with van der Waals surface area (Å²) in [5.74, 6) is -0.537. The second kappa shape index (κ2) is 7.19. The lowest BCUT2D eigenvalue weighted by molar-refractivity contribution is 0.112. The molecule has 0 aliphatic carbocycles. The summed E-state index contributed by atoms with van der Waals surface area (Å²) in [6, 6.07) is 13.3. The van der Waals surface area contributed by atoms with Crippen LogP contribution in [0, 0.1) is 5.82 Å². The molecule has 0 fully saturated rings. The Kier molecular flexibility index (Phi) is 5.04. The minimum atomic E-state index is -0.593. The van der Waals surface area contributed by atoms with Crippen LogP contribution in [0.4, 0.5) is 4.39 Å². The average Bonchev–Trinajstić information content (AvgIpc) is 2.53. The molecule has 2 aromatic carbocycles. The lowest BCUT2D eigenvalue weighted by Gasteiger charge is -2.09. The first-order valence-electron chi connectivity index (χ1n) is 6.27. The molecule has 108 valence electrons. The number of ether oxygens (including phenoxy) is 1. The molecule has 5 heteroatoms. The SMILES string of the molecule is CON=C(COc1ccc(C=O)cc1F)c1ccccc1. The summed E-state index contributed by atoms with van der Waals surface area (Å²) in [6.07, 6.45) is 0.578. The molecule has 0 amide bonds. The van der Waals surface area contributed by atoms with Crippen LogP contribution in [-0.2, 0) is 4.84 Å². The molecule has 2 rings (SSSR count). The highest BCUT2D eigenvalue weighted by molar-refractivity contribution is 6.01. The summed E-state index contributed by atoms with van der Waals surface area (Å²) in [5, 5.41) is 3.89. The molecule has 2 aromatic rings. The van der Waals surface area contributed by atoms with Crippen LogP contribution in [0.2, 0.25) is 0 Å². The van der Waals surface area contributed by atoms with Crippen molar-refractivity contribution in [3.8, 4) is 5.75 Å². The van der Waals surface area contributed by atoms with E-state index < -0.39 is 5.82 Å². The molecule has 0 saturated heterocycles. The van der Waals surface area contributed by atoms with Gasteiger partial charge in [-0.25, -0.2) is 4.39 Å². The fourth-order valence-corrected chi connectivity index (χ4v) is 1.76. The number of oxime groups is 1. The van der Waals surface area contributed by atoms with Gasteiger partial charge in [-0.05, 0) is 18.2 Å². The normalized spacial score (nSPS) is 11.0. The van der Waals surface area contributed by atoms with Gasteiger partial charge in [-0.2, -0.15) is 0 Å². The topological polar surface area (TPSA) is 47.9 Å². The molecule has 0 saturated carbocycles. The number of carbonyl (C=O) groups is 1. The Morgan fingerprint density at radius 2 is 2.00 bits per heavy atom. The van der Waals surface area contributed by atoms with E-state index in [9.17, 15) is 9.18 Å². The predicted octanol–water partition coefficient (Wildman–Crippen LogP) is 3.07. The lowest BCUT2D eigenvalue weighted by Crippen LogP contribution is -2.14. The number of carbonyl (C=O) groups excluding carboxylic acids is 1. The molecule has 0 radical (unpaired) electrons. The van der Waals surface area contributed by atoms with Crippen molar-refractivity contribution in [2.24, 2.45) is 5.16 Å². The zero-order chi connectivity index (χ0) is 15.1. The maximum atomic E-state index is 13.7. The summed E-state index contributed by atoms with van der Waals surface area (Å²) < 4.78 is 19.1. The van der Waals surface area contributed by atoms with Crippen molar-refractivity contribution in [1.82, 2.24) is 0 Å². The Morgan fingerprint density at radius 3 is 2.62 bits per heavy atom. The highest BCUT2D eigenvalue weighted by Crippen LogP contribution is 2.18. The van der Waals surface area contributed by atoms with E-state index in [1.807, 2.05) is 30.3 Å². The van der Waals surface area contributed by atoms with Crippen LogP contribution in [0.5, 0.6) is 5.75 Å². The van der Waals surface area contributed by atoms with E-state index in [4.69, 9.17) is 9.57 Å². The van der Waals surface area contributed by atoms with Crippen molar-refractivity contribution < 1.29 is 18.8 Å². The predicted molar refractivity (Wildman–Crippen MR) is 77.3 cm³/mol. The van der Waals surface area contributed by atoms with E-state index in [1.165, 1.54) is 19.2 Å². The Morgan fingerprint density at radius 1 is 1.24 bits per heavy atom. The van der Waals surface area contributed by atoms with E-state index >= 15 is 0 Å². The van der Waals surface area contributed by atoms with Gasteiger partial charge in [0.15, 0.2) is 11.6 Å². The van der Waals surface area contributed by atoms with Gasteiger partial charge in [-0.1, -0.05) is 35.5 Å². The van der Waals surface area contributed by atoms with Gasteiger partial charge >= 0.3 is 0 Å². The van der Waals surface area contributed by atoms with Gasteiger partial charge in [-0.15, -0.1) is 0 Å². The van der Waals surface area contributed by atoms with Gasteiger partial charge < -0.3 is 9.57 Å². The smallest absolute Gasteiger partial charge is 0.165 e. The largest absolute Gasteiger partial charge is 0.484 e. The standard InChI is InChI=1S/C16H14FNO3/c1-20-18-15(13-5-3-2-4-6-13)11-21-16-8-7-12(10-19)9-14(16)17/h2-10H,11H2,1H3. The molecule has 4 nitrogen and oxygen atoms in total. The van der Waals surface area contributed by atoms with Crippen molar-refractivity contribution >= 4 is 12.0 Å². The summed E-state index contributed by atoms with van der Waals surface area (Å²) in [6.45, 7) is 0.0508. The molecular weight excluding hydrogens is 273 g/mol. The number of hydrogen-bond acceptors (Lipinski definition) is 4. The van der Waals surface area contributed by atoms with Crippen molar-refractivity contribution in [2.75, 3.05) is 13.7 Å². The van der Waals surface area contributed by atoms with E-state index in [-0.39, 0.29) is 17.9 Å². The van der Waals surface area contributed by atoms with Gasteiger partial charge in [0.05, 0.1) is 0 Å². The van der Waals surface area contributed by atoms with Crippen LogP contribution >= 0.6 is 0 Å². The lowest BCUT2D eigenvalue weighted by atomic mass is 10.1. The Labute approximate surface area is 121 Å². The molecular formula is C16H14FNO3. The van der Waals surface area contributed by atoms with Gasteiger partial charge in [0.25, 0.3) is 0 Å². The number of halogens is 1. The number of nitrogens with zero attached hydrogens (tertiary/aromatic N) is 1. The van der Waals surface area contributed by atoms with Crippen molar-refractivity contribution in [3.05, 3.63) is 65.5 Å². The highest BCUT2D eigenvalue weighted by atomic mass is 19.1. The second-order valence-electron chi connectivity index (χ2n) is 4.18. The average molecular weight is 287 g/mol. The maximum absolute atomic E-state index is 13.7. The van der Waals surface area contributed by atoms with Crippen LogP contribution in [-0.4, -0.2) is 25.7 Å². The number of hydrogen-bond donors (Lipinski definition) is 0. The quantitative estimate of drug-likeness (QED) is 0.466. The van der Waals surface area contributed by atoms with E-state index in [0.717, 1.165) is 11.6 Å². The monoisotopic (exact) mass is 287 g/mol. The van der Waals surface area contributed by atoms with Gasteiger partial charge in [0, 0.05) is 11.1 Å². The zero-order valence-electron chi connectivity index (χ0n) is 11.5. The first-order chi connectivity index (χ1) is 10.2. The third-order valence-electron chi connectivity index (χ3n) is 2.76. The van der Waals surface area contributed by atoms with Crippen molar-refractivity contribution in [2.45, 2.75) is 0 Å². The summed E-state index contributed by atoms with van der Waals surface area (Å²) in [5.41, 5.74) is 1.62. The molecule has 0 unspecified atom stereocenters. The van der Waals surface area contributed by atoms with Gasteiger partial charge in [-0.3, -0.25) is 4.79 Å². The van der Waals surface area contributed by atoms with Crippen molar-refractivity contribution in [3.63, 3.8) is 0 Å². The number of aldehydes is 1. The number of rotatable bonds is 6. The fourth-order valence-electron chi connectivity index (χ4n) is 1.76. The molecule has 21 heavy (non-hydrogen) atoms. The second-order valence-corrected chi connectivity index (χ2v) is 4.18. The molecule has 0 atom stereocenters. The minimum absolute atomic E-state index is 0.0508. The third kappa shape index (κ3) is 3.89. The first kappa shape index (κ1) is 14.7. The summed E-state index contributed by atoms with van der Waals surface area (Å²) in [7, 11) is 1.43. The molecule has 0 aromatic heterocycles. The van der Waals surface area contributed by atoms with Crippen molar-refractivity contribution in [1.29, 1.82) is 0 Å². The van der Waals surface area contributed by atoms with Crippen LogP contribution < -0.4 is 4.74 Å². The maximum Gasteiger partial charge on any atom is 0.165 e. The minimum Gasteiger partial charge on any atom is -0.484 e. The Balaban J connectivity index is 2.13. The zero-order valence-corrected chi connectivity index (χ0v) is 11.5. The molecule has 0 aliphatic heterocycles. The Bertz CT molecular complexity index is 641. The molecule has 0 N–H and O–H groups in total. The molecule has 0 heterocycles. The molecule has 0 spiro atoms. The number of benzene rings is 2. The summed E-state index contributed by atoms with van der Waals surface area (Å²) in [4.78, 5) is 15.3. The molecule has 0 bridgehead atoms. The summed E-state index contributed by atoms with van der Waals surface area (Å²) >= 11 is 0. The van der Waals surface area contributed by atoms with Gasteiger partial charge in [0.1, 0.15) is 25.7 Å². The molecule has 0 aliphatic rings. The van der Waals surface area contributed by atoms with Gasteiger partial charge in [0.2, 0.25) is 0 Å². The first-order valence-corrected chi connectivity index (χ1v) is 6.27. The van der Waals surface area contributed by atoms with E-state index in [0.29, 0.717) is 12.0 Å². The third-order valence-corrected chi connectivity index (χ3v) is 2.76. The fraction of sp³-hybridized carbons (Fsp3) is 0.125. The van der Waals surface area contributed by atoms with Crippen LogP contribution in [0.1, 0.15) is 15.9 Å².